The average Bonchev–Trinajstić information content (AvgIpc) is 2.78. The minimum atomic E-state index is -1.05. The number of rotatable bonds is 5. The number of aromatic nitrogens is 1. The molecule has 1 atom stereocenters. The number of urea groups is 1. The molecule has 2 aromatic rings. The van der Waals surface area contributed by atoms with Gasteiger partial charge in [-0.2, -0.15) is 0 Å². The maximum atomic E-state index is 12.9. The molecule has 1 aromatic carbocycles. The Morgan fingerprint density at radius 3 is 2.75 bits per heavy atom. The highest BCUT2D eigenvalue weighted by atomic mass is 35.5. The van der Waals surface area contributed by atoms with E-state index in [1.165, 1.54) is 29.9 Å². The lowest BCUT2D eigenvalue weighted by Crippen LogP contribution is -2.34. The highest BCUT2D eigenvalue weighted by Gasteiger charge is 2.36. The monoisotopic (exact) mass is 487 g/mol. The molecule has 4 N–H and O–H groups in total. The zero-order valence-electron chi connectivity index (χ0n) is 16.8. The molecule has 4 rings (SSSR count). The Morgan fingerprint density at radius 2 is 2.03 bits per heavy atom. The number of fused-ring (bicyclic) bond motifs is 1. The maximum Gasteiger partial charge on any atom is 0.329 e. The Balaban J connectivity index is 1.39. The van der Waals surface area contributed by atoms with E-state index in [4.69, 9.17) is 11.6 Å². The molecule has 0 saturated heterocycles. The van der Waals surface area contributed by atoms with Crippen molar-refractivity contribution in [2.45, 2.75) is 12.3 Å². The minimum absolute atomic E-state index is 0.307. The van der Waals surface area contributed by atoms with Crippen LogP contribution in [-0.2, 0) is 4.79 Å². The average molecular weight is 488 g/mol. The highest BCUT2D eigenvalue weighted by molar-refractivity contribution is 8.24. The summed E-state index contributed by atoms with van der Waals surface area (Å²) in [5.74, 6) is -1.81. The summed E-state index contributed by atoms with van der Waals surface area (Å²) in [6.45, 7) is 0. The number of nitrogens with one attached hydrogen (secondary N) is 4. The van der Waals surface area contributed by atoms with Gasteiger partial charge in [0.15, 0.2) is 5.78 Å². The third-order valence-corrected chi connectivity index (χ3v) is 6.97. The van der Waals surface area contributed by atoms with Gasteiger partial charge in [-0.1, -0.05) is 35.5 Å². The van der Waals surface area contributed by atoms with Crippen molar-refractivity contribution in [2.75, 3.05) is 23.0 Å². The number of thioether (sulfide) groups is 1. The summed E-state index contributed by atoms with van der Waals surface area (Å²) in [6, 6.07) is 7.89. The van der Waals surface area contributed by atoms with Gasteiger partial charge in [0, 0.05) is 18.3 Å². The van der Waals surface area contributed by atoms with E-state index in [2.05, 4.69) is 25.7 Å². The van der Waals surface area contributed by atoms with E-state index >= 15 is 0 Å². The van der Waals surface area contributed by atoms with Gasteiger partial charge in [0.25, 0.3) is 0 Å². The number of hydrogen-bond acceptors (Lipinski definition) is 7. The quantitative estimate of drug-likeness (QED) is 0.351. The molecule has 0 aliphatic carbocycles. The van der Waals surface area contributed by atoms with E-state index in [1.807, 2.05) is 12.2 Å². The molecule has 1 unspecified atom stereocenters. The number of anilines is 3. The van der Waals surface area contributed by atoms with Crippen LogP contribution in [0.25, 0.3) is 0 Å². The van der Waals surface area contributed by atoms with Gasteiger partial charge < -0.3 is 16.0 Å². The Kier molecular flexibility index (Phi) is 6.73. The van der Waals surface area contributed by atoms with Crippen LogP contribution < -0.4 is 20.7 Å². The number of carbonyl (C=O) groups is 3. The molecular weight excluding hydrogens is 470 g/mol. The van der Waals surface area contributed by atoms with Gasteiger partial charge in [-0.25, -0.2) is 4.79 Å². The molecule has 0 spiro atoms. The van der Waals surface area contributed by atoms with Crippen molar-refractivity contribution in [2.24, 2.45) is 0 Å². The lowest BCUT2D eigenvalue weighted by molar-refractivity contribution is -0.116. The first kappa shape index (κ1) is 22.3. The summed E-state index contributed by atoms with van der Waals surface area (Å²) in [5, 5.41) is 8.40. The Hall–Kier alpha value is -2.95. The van der Waals surface area contributed by atoms with Gasteiger partial charge in [-0.05, 0) is 48.7 Å². The molecular formula is C21H18ClN5O3S2. The summed E-state index contributed by atoms with van der Waals surface area (Å²) in [6.07, 6.45) is 5.98. The lowest BCUT2D eigenvalue weighted by Gasteiger charge is -2.23. The SMILES string of the molecule is CNc1ccc2c(c1)NC(=O)C(c1ccc(NC(=O)NSC3=CCC=C(Cl)S3)cn1)C2=O. The number of hydrogen-bond donors (Lipinski definition) is 4. The van der Waals surface area contributed by atoms with Gasteiger partial charge in [0.1, 0.15) is 5.92 Å². The third-order valence-electron chi connectivity index (χ3n) is 4.70. The first-order valence-corrected chi connectivity index (χ1v) is 11.6. The van der Waals surface area contributed by atoms with Crippen LogP contribution in [0.5, 0.6) is 0 Å². The molecule has 0 radical (unpaired) electrons. The number of halogens is 1. The Bertz CT molecular complexity index is 1150. The van der Waals surface area contributed by atoms with Gasteiger partial charge in [-0.15, -0.1) is 0 Å². The normalized spacial score (nSPS) is 17.5. The maximum absolute atomic E-state index is 12.9. The van der Waals surface area contributed by atoms with Crippen LogP contribution in [0, 0.1) is 0 Å². The molecule has 0 fully saturated rings. The second-order valence-corrected chi connectivity index (χ2v) is 9.62. The smallest absolute Gasteiger partial charge is 0.329 e. The van der Waals surface area contributed by atoms with Crippen LogP contribution in [0.1, 0.15) is 28.4 Å². The molecule has 32 heavy (non-hydrogen) atoms. The van der Waals surface area contributed by atoms with Gasteiger partial charge in [0.05, 0.1) is 31.9 Å². The molecule has 0 bridgehead atoms. The van der Waals surface area contributed by atoms with E-state index in [1.54, 1.807) is 37.4 Å². The van der Waals surface area contributed by atoms with E-state index < -0.39 is 17.9 Å². The summed E-state index contributed by atoms with van der Waals surface area (Å²) >= 11 is 8.51. The first-order chi connectivity index (χ1) is 15.4. The summed E-state index contributed by atoms with van der Waals surface area (Å²) in [7, 11) is 1.76. The van der Waals surface area contributed by atoms with Crippen LogP contribution in [-0.4, -0.2) is 29.8 Å². The van der Waals surface area contributed by atoms with Crippen LogP contribution >= 0.6 is 35.3 Å². The number of carbonyl (C=O) groups excluding carboxylic acids is 3. The minimum Gasteiger partial charge on any atom is -0.388 e. The molecule has 3 heterocycles. The molecule has 11 heteroatoms. The number of ketones is 1. The van der Waals surface area contributed by atoms with Crippen molar-refractivity contribution in [3.8, 4) is 0 Å². The van der Waals surface area contributed by atoms with Crippen molar-refractivity contribution >= 4 is 70.1 Å². The summed E-state index contributed by atoms with van der Waals surface area (Å²) in [4.78, 5) is 41.9. The number of allylic oxidation sites excluding steroid dienone is 2. The number of pyridine rings is 1. The molecule has 3 amide bonds. The Morgan fingerprint density at radius 1 is 1.22 bits per heavy atom. The Labute approximate surface area is 197 Å². The summed E-state index contributed by atoms with van der Waals surface area (Å²) < 4.78 is 4.22. The lowest BCUT2D eigenvalue weighted by atomic mass is 9.88. The highest BCUT2D eigenvalue weighted by Crippen LogP contribution is 2.38. The molecule has 0 saturated carbocycles. The van der Waals surface area contributed by atoms with E-state index in [0.29, 0.717) is 27.0 Å². The second kappa shape index (κ2) is 9.68. The zero-order valence-corrected chi connectivity index (χ0v) is 19.2. The van der Waals surface area contributed by atoms with Crippen LogP contribution in [0.3, 0.4) is 0 Å². The number of benzene rings is 1. The first-order valence-electron chi connectivity index (χ1n) is 9.55. The third kappa shape index (κ3) is 4.93. The van der Waals surface area contributed by atoms with Crippen molar-refractivity contribution in [3.63, 3.8) is 0 Å². The van der Waals surface area contributed by atoms with Crippen LogP contribution in [0.2, 0.25) is 0 Å². The molecule has 2 aliphatic heterocycles. The number of amides is 3. The predicted molar refractivity (Wildman–Crippen MR) is 130 cm³/mol. The molecule has 8 nitrogen and oxygen atoms in total. The van der Waals surface area contributed by atoms with Crippen LogP contribution in [0.4, 0.5) is 21.9 Å². The van der Waals surface area contributed by atoms with Gasteiger partial charge >= 0.3 is 6.03 Å². The summed E-state index contributed by atoms with van der Waals surface area (Å²) in [5.41, 5.74) is 2.43. The fourth-order valence-electron chi connectivity index (χ4n) is 3.16. The largest absolute Gasteiger partial charge is 0.388 e. The second-order valence-electron chi connectivity index (χ2n) is 6.80. The van der Waals surface area contributed by atoms with E-state index in [0.717, 1.165) is 16.3 Å². The standard InChI is InChI=1S/C21H18ClN5O3S2/c1-23-11-5-7-13-15(9-11)26-20(29)18(19(13)28)14-8-6-12(10-24-14)25-21(30)27-32-17-4-2-3-16(22)31-17/h3-10,18,23H,2H2,1H3,(H,26,29)(H2,25,27,30). The topological polar surface area (TPSA) is 112 Å². The fourth-order valence-corrected chi connectivity index (χ4v) is 5.17. The van der Waals surface area contributed by atoms with E-state index in [-0.39, 0.29) is 5.78 Å². The van der Waals surface area contributed by atoms with Crippen molar-refractivity contribution < 1.29 is 14.4 Å². The number of nitrogens with zero attached hydrogens (tertiary/aromatic N) is 1. The van der Waals surface area contributed by atoms with Crippen molar-refractivity contribution in [1.29, 1.82) is 0 Å². The predicted octanol–water partition coefficient (Wildman–Crippen LogP) is 4.87. The zero-order chi connectivity index (χ0) is 22.7. The van der Waals surface area contributed by atoms with Crippen molar-refractivity contribution in [1.82, 2.24) is 9.71 Å². The van der Waals surface area contributed by atoms with Gasteiger partial charge in [0.2, 0.25) is 5.91 Å². The van der Waals surface area contributed by atoms with Crippen LogP contribution in [0.15, 0.2) is 57.3 Å². The molecule has 164 valence electrons. The number of Topliss-reactive ketones (excluding diaryl/α,β-unsaturated/α-hetero) is 1. The van der Waals surface area contributed by atoms with E-state index in [9.17, 15) is 14.4 Å². The molecule has 1 aromatic heterocycles. The van der Waals surface area contributed by atoms with Crippen molar-refractivity contribution in [3.05, 3.63) is 68.5 Å². The fraction of sp³-hybridized carbons (Fsp3) is 0.143. The molecule has 2 aliphatic rings. The van der Waals surface area contributed by atoms with Gasteiger partial charge in [-0.3, -0.25) is 19.3 Å².